The zero-order valence-corrected chi connectivity index (χ0v) is 12.9. The minimum absolute atomic E-state index is 0.279. The van der Waals surface area contributed by atoms with Crippen LogP contribution in [0.3, 0.4) is 0 Å². The van der Waals surface area contributed by atoms with Crippen molar-refractivity contribution in [1.82, 2.24) is 5.43 Å². The van der Waals surface area contributed by atoms with E-state index in [1.54, 1.807) is 38.3 Å². The van der Waals surface area contributed by atoms with E-state index in [4.69, 9.17) is 4.74 Å². The zero-order chi connectivity index (χ0) is 16.7. The fourth-order valence-corrected chi connectivity index (χ4v) is 1.82. The Kier molecular flexibility index (Phi) is 5.68. The first-order valence-electron chi connectivity index (χ1n) is 7.07. The van der Waals surface area contributed by atoms with Gasteiger partial charge < -0.3 is 10.1 Å². The van der Waals surface area contributed by atoms with Gasteiger partial charge >= 0.3 is 0 Å². The second-order valence-corrected chi connectivity index (χ2v) is 4.88. The first-order valence-corrected chi connectivity index (χ1v) is 7.07. The SMILES string of the molecule is COc1ccc(NC(C)C(=O)NN=Cc2ccc(F)cc2)cc1. The minimum Gasteiger partial charge on any atom is -0.497 e. The number of hydrogen-bond donors (Lipinski definition) is 2. The van der Waals surface area contributed by atoms with Crippen LogP contribution in [0.15, 0.2) is 53.6 Å². The van der Waals surface area contributed by atoms with Crippen LogP contribution in [-0.4, -0.2) is 25.3 Å². The molecule has 0 aliphatic carbocycles. The molecular weight excluding hydrogens is 297 g/mol. The van der Waals surface area contributed by atoms with Crippen LogP contribution in [0.4, 0.5) is 10.1 Å². The van der Waals surface area contributed by atoms with Gasteiger partial charge in [-0.2, -0.15) is 5.10 Å². The van der Waals surface area contributed by atoms with E-state index in [0.29, 0.717) is 5.56 Å². The number of nitrogens with one attached hydrogen (secondary N) is 2. The molecule has 0 radical (unpaired) electrons. The monoisotopic (exact) mass is 315 g/mol. The van der Waals surface area contributed by atoms with E-state index in [1.165, 1.54) is 18.3 Å². The number of hydrazone groups is 1. The maximum Gasteiger partial charge on any atom is 0.262 e. The van der Waals surface area contributed by atoms with Crippen LogP contribution < -0.4 is 15.5 Å². The molecule has 0 saturated carbocycles. The normalized spacial score (nSPS) is 12.0. The Balaban J connectivity index is 1.85. The lowest BCUT2D eigenvalue weighted by atomic mass is 10.2. The highest BCUT2D eigenvalue weighted by atomic mass is 19.1. The van der Waals surface area contributed by atoms with Crippen LogP contribution in [0.1, 0.15) is 12.5 Å². The molecule has 0 aliphatic heterocycles. The van der Waals surface area contributed by atoms with Crippen LogP contribution in [0.5, 0.6) is 5.75 Å². The number of hydrogen-bond acceptors (Lipinski definition) is 4. The highest BCUT2D eigenvalue weighted by Crippen LogP contribution is 2.15. The second kappa shape index (κ2) is 7.93. The quantitative estimate of drug-likeness (QED) is 0.636. The van der Waals surface area contributed by atoms with E-state index in [0.717, 1.165) is 11.4 Å². The van der Waals surface area contributed by atoms with Crippen molar-refractivity contribution < 1.29 is 13.9 Å². The van der Waals surface area contributed by atoms with Crippen LogP contribution in [0.2, 0.25) is 0 Å². The highest BCUT2D eigenvalue weighted by molar-refractivity contribution is 5.86. The van der Waals surface area contributed by atoms with Gasteiger partial charge in [-0.25, -0.2) is 9.82 Å². The number of carbonyl (C=O) groups is 1. The van der Waals surface area contributed by atoms with Crippen LogP contribution >= 0.6 is 0 Å². The van der Waals surface area contributed by atoms with E-state index in [9.17, 15) is 9.18 Å². The summed E-state index contributed by atoms with van der Waals surface area (Å²) in [6, 6.07) is 12.6. The van der Waals surface area contributed by atoms with E-state index in [2.05, 4.69) is 15.8 Å². The summed E-state index contributed by atoms with van der Waals surface area (Å²) in [5, 5.41) is 6.91. The summed E-state index contributed by atoms with van der Waals surface area (Å²) in [6.45, 7) is 1.73. The zero-order valence-electron chi connectivity index (χ0n) is 12.9. The van der Waals surface area contributed by atoms with Crippen molar-refractivity contribution >= 4 is 17.8 Å². The lowest BCUT2D eigenvalue weighted by Gasteiger charge is -2.13. The molecule has 120 valence electrons. The lowest BCUT2D eigenvalue weighted by Crippen LogP contribution is -2.34. The summed E-state index contributed by atoms with van der Waals surface area (Å²) in [7, 11) is 1.59. The average molecular weight is 315 g/mol. The molecule has 6 heteroatoms. The molecule has 0 fully saturated rings. The third-order valence-electron chi connectivity index (χ3n) is 3.12. The van der Waals surface area contributed by atoms with Crippen LogP contribution in [-0.2, 0) is 4.79 Å². The van der Waals surface area contributed by atoms with Gasteiger partial charge in [0.1, 0.15) is 17.6 Å². The molecule has 2 aromatic carbocycles. The molecule has 0 heterocycles. The summed E-state index contributed by atoms with van der Waals surface area (Å²) in [5.41, 5.74) is 3.94. The van der Waals surface area contributed by atoms with Gasteiger partial charge in [0.25, 0.3) is 5.91 Å². The Morgan fingerprint density at radius 2 is 1.83 bits per heavy atom. The van der Waals surface area contributed by atoms with Gasteiger partial charge in [-0.3, -0.25) is 4.79 Å². The lowest BCUT2D eigenvalue weighted by molar-refractivity contribution is -0.121. The van der Waals surface area contributed by atoms with E-state index >= 15 is 0 Å². The molecule has 5 nitrogen and oxygen atoms in total. The molecule has 1 unspecified atom stereocenters. The number of ether oxygens (including phenoxy) is 1. The van der Waals surface area contributed by atoms with E-state index < -0.39 is 6.04 Å². The van der Waals surface area contributed by atoms with Crippen LogP contribution in [0.25, 0.3) is 0 Å². The number of methoxy groups -OCH3 is 1. The van der Waals surface area contributed by atoms with Gasteiger partial charge in [0.05, 0.1) is 13.3 Å². The van der Waals surface area contributed by atoms with E-state index in [-0.39, 0.29) is 11.7 Å². The predicted molar refractivity (Wildman–Crippen MR) is 88.2 cm³/mol. The molecule has 0 spiro atoms. The third-order valence-corrected chi connectivity index (χ3v) is 3.12. The Bertz CT molecular complexity index is 669. The molecule has 1 atom stereocenters. The summed E-state index contributed by atoms with van der Waals surface area (Å²) >= 11 is 0. The van der Waals surface area contributed by atoms with Crippen molar-refractivity contribution in [2.75, 3.05) is 12.4 Å². The Morgan fingerprint density at radius 3 is 2.43 bits per heavy atom. The van der Waals surface area contributed by atoms with Crippen molar-refractivity contribution in [3.63, 3.8) is 0 Å². The maximum absolute atomic E-state index is 12.8. The first-order chi connectivity index (χ1) is 11.1. The summed E-state index contributed by atoms with van der Waals surface area (Å²) in [6.07, 6.45) is 1.46. The van der Waals surface area contributed by atoms with Crippen molar-refractivity contribution in [1.29, 1.82) is 0 Å². The van der Waals surface area contributed by atoms with Gasteiger partial charge in [-0.1, -0.05) is 12.1 Å². The highest BCUT2D eigenvalue weighted by Gasteiger charge is 2.11. The molecule has 0 bridgehead atoms. The molecule has 2 rings (SSSR count). The Morgan fingerprint density at radius 1 is 1.17 bits per heavy atom. The fraction of sp³-hybridized carbons (Fsp3) is 0.176. The van der Waals surface area contributed by atoms with Crippen molar-refractivity contribution in [3.05, 3.63) is 59.9 Å². The second-order valence-electron chi connectivity index (χ2n) is 4.88. The Labute approximate surface area is 134 Å². The minimum atomic E-state index is -0.464. The van der Waals surface area contributed by atoms with Gasteiger partial charge in [-0.15, -0.1) is 0 Å². The Hall–Kier alpha value is -2.89. The maximum atomic E-state index is 12.8. The number of benzene rings is 2. The van der Waals surface area contributed by atoms with Gasteiger partial charge in [0.15, 0.2) is 0 Å². The number of carbonyl (C=O) groups excluding carboxylic acids is 1. The average Bonchev–Trinajstić information content (AvgIpc) is 2.57. The smallest absolute Gasteiger partial charge is 0.262 e. The number of anilines is 1. The van der Waals surface area contributed by atoms with Crippen molar-refractivity contribution in [2.24, 2.45) is 5.10 Å². The number of rotatable bonds is 6. The number of nitrogens with zero attached hydrogens (tertiary/aromatic N) is 1. The van der Waals surface area contributed by atoms with Gasteiger partial charge in [0.2, 0.25) is 0 Å². The van der Waals surface area contributed by atoms with E-state index in [1.807, 2.05) is 12.1 Å². The number of amides is 1. The molecule has 0 aromatic heterocycles. The molecule has 2 N–H and O–H groups in total. The number of halogens is 1. The topological polar surface area (TPSA) is 62.7 Å². The summed E-state index contributed by atoms with van der Waals surface area (Å²) < 4.78 is 17.8. The molecular formula is C17H18FN3O2. The molecule has 23 heavy (non-hydrogen) atoms. The molecule has 1 amide bonds. The summed E-state index contributed by atoms with van der Waals surface area (Å²) in [4.78, 5) is 11.9. The molecule has 2 aromatic rings. The van der Waals surface area contributed by atoms with Gasteiger partial charge in [0, 0.05) is 5.69 Å². The predicted octanol–water partition coefficient (Wildman–Crippen LogP) is 2.79. The largest absolute Gasteiger partial charge is 0.497 e. The standard InChI is InChI=1S/C17H18FN3O2/c1-12(20-15-7-9-16(23-2)10-8-15)17(22)21-19-11-13-3-5-14(18)6-4-13/h3-12,20H,1-2H3,(H,21,22). The molecule has 0 aliphatic rings. The summed E-state index contributed by atoms with van der Waals surface area (Å²) in [5.74, 6) is 0.152. The fourth-order valence-electron chi connectivity index (χ4n) is 1.82. The van der Waals surface area contributed by atoms with Crippen LogP contribution in [0, 0.1) is 5.82 Å². The molecule has 0 saturated heterocycles. The third kappa shape index (κ3) is 5.10. The first kappa shape index (κ1) is 16.5. The van der Waals surface area contributed by atoms with Crippen molar-refractivity contribution in [2.45, 2.75) is 13.0 Å². The van der Waals surface area contributed by atoms with Gasteiger partial charge in [-0.05, 0) is 48.9 Å². The van der Waals surface area contributed by atoms with Crippen molar-refractivity contribution in [3.8, 4) is 5.75 Å².